The largest absolute Gasteiger partial charge is 0.489 e. The van der Waals surface area contributed by atoms with Crippen molar-refractivity contribution < 1.29 is 17.9 Å². The van der Waals surface area contributed by atoms with Crippen molar-refractivity contribution >= 4 is 9.84 Å². The molecule has 0 N–H and O–H groups in total. The predicted octanol–water partition coefficient (Wildman–Crippen LogP) is 4.89. The van der Waals surface area contributed by atoms with E-state index in [1.54, 1.807) is 18.2 Å². The Morgan fingerprint density at radius 1 is 0.964 bits per heavy atom. The lowest BCUT2D eigenvalue weighted by molar-refractivity contribution is 0.257. The van der Waals surface area contributed by atoms with E-state index >= 15 is 0 Å². The number of ether oxygens (including phenoxy) is 2. The Morgan fingerprint density at radius 2 is 1.61 bits per heavy atom. The van der Waals surface area contributed by atoms with Crippen molar-refractivity contribution in [1.82, 2.24) is 0 Å². The molecular weight excluding hydrogens is 372 g/mol. The summed E-state index contributed by atoms with van der Waals surface area (Å²) in [6.45, 7) is 13.4. The van der Waals surface area contributed by atoms with Crippen molar-refractivity contribution in [2.75, 3.05) is 13.2 Å². The predicted molar refractivity (Wildman–Crippen MR) is 111 cm³/mol. The van der Waals surface area contributed by atoms with E-state index in [2.05, 4.69) is 20.8 Å². The van der Waals surface area contributed by atoms with E-state index in [-0.39, 0.29) is 21.8 Å². The lowest BCUT2D eigenvalue weighted by Gasteiger charge is -2.24. The summed E-state index contributed by atoms with van der Waals surface area (Å²) in [7, 11) is -3.74. The first-order chi connectivity index (χ1) is 12.9. The maximum absolute atomic E-state index is 13.6. The van der Waals surface area contributed by atoms with Gasteiger partial charge in [-0.05, 0) is 40.2 Å². The third kappa shape index (κ3) is 4.41. The van der Waals surface area contributed by atoms with Crippen LogP contribution in [0.25, 0.3) is 0 Å². The highest BCUT2D eigenvalue weighted by Crippen LogP contribution is 2.38. The van der Waals surface area contributed by atoms with Gasteiger partial charge in [-0.1, -0.05) is 65.8 Å². The van der Waals surface area contributed by atoms with Crippen LogP contribution in [-0.4, -0.2) is 27.7 Å². The fraction of sp³-hybridized carbons (Fsp3) is 0.478. The normalized spacial score (nSPS) is 17.4. The van der Waals surface area contributed by atoms with Gasteiger partial charge in [0, 0.05) is 0 Å². The SMILES string of the molecule is CC(C)(C)c1ccc(S(=O)(=O)c2ccccc2C(C)(C)C)c(OCC2CO2)c1. The minimum atomic E-state index is -3.74. The summed E-state index contributed by atoms with van der Waals surface area (Å²) < 4.78 is 38.4. The monoisotopic (exact) mass is 402 g/mol. The lowest BCUT2D eigenvalue weighted by Crippen LogP contribution is -2.18. The molecule has 0 aromatic heterocycles. The highest BCUT2D eigenvalue weighted by Gasteiger charge is 2.31. The van der Waals surface area contributed by atoms with Crippen LogP contribution < -0.4 is 4.74 Å². The second kappa shape index (κ2) is 7.20. The van der Waals surface area contributed by atoms with Gasteiger partial charge in [-0.2, -0.15) is 0 Å². The molecule has 5 heteroatoms. The second-order valence-electron chi connectivity index (χ2n) is 9.43. The number of rotatable bonds is 5. The zero-order valence-electron chi connectivity index (χ0n) is 17.6. The summed E-state index contributed by atoms with van der Waals surface area (Å²) in [5, 5.41) is 0. The van der Waals surface area contributed by atoms with E-state index < -0.39 is 9.84 Å². The Hall–Kier alpha value is -1.85. The first kappa shape index (κ1) is 20.9. The molecule has 1 unspecified atom stereocenters. The van der Waals surface area contributed by atoms with E-state index in [1.807, 2.05) is 45.0 Å². The average Bonchev–Trinajstić information content (AvgIpc) is 3.42. The number of sulfone groups is 1. The highest BCUT2D eigenvalue weighted by molar-refractivity contribution is 7.91. The van der Waals surface area contributed by atoms with Crippen LogP contribution in [0.4, 0.5) is 0 Å². The van der Waals surface area contributed by atoms with Gasteiger partial charge in [0.25, 0.3) is 0 Å². The molecule has 1 atom stereocenters. The molecule has 0 amide bonds. The van der Waals surface area contributed by atoms with E-state index in [4.69, 9.17) is 9.47 Å². The summed E-state index contributed by atoms with van der Waals surface area (Å²) in [5.74, 6) is 0.395. The molecule has 0 aliphatic carbocycles. The van der Waals surface area contributed by atoms with Crippen LogP contribution in [0.15, 0.2) is 52.3 Å². The van der Waals surface area contributed by atoms with Crippen LogP contribution in [-0.2, 0) is 25.4 Å². The van der Waals surface area contributed by atoms with Crippen molar-refractivity contribution in [3.8, 4) is 5.75 Å². The quantitative estimate of drug-likeness (QED) is 0.668. The number of benzene rings is 2. The van der Waals surface area contributed by atoms with Gasteiger partial charge >= 0.3 is 0 Å². The van der Waals surface area contributed by atoms with Crippen LogP contribution in [0.2, 0.25) is 0 Å². The standard InChI is InChI=1S/C23H30O4S/c1-22(2,3)16-11-12-21(19(13-16)27-15-17-14-26-17)28(24,25)20-10-8-7-9-18(20)23(4,5)6/h7-13,17H,14-15H2,1-6H3. The van der Waals surface area contributed by atoms with Gasteiger partial charge in [0.1, 0.15) is 23.4 Å². The van der Waals surface area contributed by atoms with Gasteiger partial charge in [-0.15, -0.1) is 0 Å². The number of hydrogen-bond donors (Lipinski definition) is 0. The molecule has 2 aromatic carbocycles. The van der Waals surface area contributed by atoms with Gasteiger partial charge in [0.05, 0.1) is 11.5 Å². The third-order valence-electron chi connectivity index (χ3n) is 4.91. The summed E-state index contributed by atoms with van der Waals surface area (Å²) >= 11 is 0. The van der Waals surface area contributed by atoms with E-state index in [0.717, 1.165) is 11.1 Å². The van der Waals surface area contributed by atoms with Gasteiger partial charge in [-0.3, -0.25) is 0 Å². The highest BCUT2D eigenvalue weighted by atomic mass is 32.2. The van der Waals surface area contributed by atoms with Gasteiger partial charge in [0.15, 0.2) is 0 Å². The Balaban J connectivity index is 2.13. The van der Waals surface area contributed by atoms with Crippen molar-refractivity contribution in [3.63, 3.8) is 0 Å². The molecule has 4 nitrogen and oxygen atoms in total. The van der Waals surface area contributed by atoms with Crippen LogP contribution in [0.1, 0.15) is 52.7 Å². The van der Waals surface area contributed by atoms with Crippen LogP contribution in [0, 0.1) is 0 Å². The molecule has 2 aromatic rings. The fourth-order valence-electron chi connectivity index (χ4n) is 3.10. The molecule has 3 rings (SSSR count). The first-order valence-corrected chi connectivity index (χ1v) is 11.1. The Labute approximate surface area is 168 Å². The second-order valence-corrected chi connectivity index (χ2v) is 11.3. The molecule has 0 spiro atoms. The van der Waals surface area contributed by atoms with Crippen molar-refractivity contribution in [3.05, 3.63) is 53.6 Å². The van der Waals surface area contributed by atoms with Crippen LogP contribution in [0.5, 0.6) is 5.75 Å². The van der Waals surface area contributed by atoms with Crippen molar-refractivity contribution in [2.45, 2.75) is 68.3 Å². The maximum Gasteiger partial charge on any atom is 0.210 e. The molecule has 1 aliphatic heterocycles. The molecule has 1 saturated heterocycles. The summed E-state index contributed by atoms with van der Waals surface area (Å²) in [6, 6.07) is 12.6. The van der Waals surface area contributed by atoms with E-state index in [1.165, 1.54) is 0 Å². The molecule has 0 radical (unpaired) electrons. The Kier molecular flexibility index (Phi) is 5.36. The zero-order chi connectivity index (χ0) is 20.7. The summed E-state index contributed by atoms with van der Waals surface area (Å²) in [6.07, 6.45) is 0.0516. The van der Waals surface area contributed by atoms with Crippen LogP contribution >= 0.6 is 0 Å². The van der Waals surface area contributed by atoms with E-state index in [0.29, 0.717) is 23.9 Å². The molecule has 1 heterocycles. The van der Waals surface area contributed by atoms with Crippen molar-refractivity contribution in [2.24, 2.45) is 0 Å². The Bertz CT molecular complexity index is 959. The summed E-state index contributed by atoms with van der Waals surface area (Å²) in [4.78, 5) is 0.538. The molecule has 1 fully saturated rings. The minimum absolute atomic E-state index is 0.0516. The minimum Gasteiger partial charge on any atom is -0.489 e. The average molecular weight is 403 g/mol. The topological polar surface area (TPSA) is 55.9 Å². The molecule has 152 valence electrons. The molecular formula is C23H30O4S. The zero-order valence-corrected chi connectivity index (χ0v) is 18.4. The molecule has 1 aliphatic rings. The fourth-order valence-corrected chi connectivity index (χ4v) is 4.88. The molecule has 28 heavy (non-hydrogen) atoms. The van der Waals surface area contributed by atoms with Gasteiger partial charge in [-0.25, -0.2) is 8.42 Å². The summed E-state index contributed by atoms with van der Waals surface area (Å²) in [5.41, 5.74) is 1.42. The van der Waals surface area contributed by atoms with Crippen LogP contribution in [0.3, 0.4) is 0 Å². The smallest absolute Gasteiger partial charge is 0.210 e. The first-order valence-electron chi connectivity index (χ1n) is 9.64. The van der Waals surface area contributed by atoms with E-state index in [9.17, 15) is 8.42 Å². The molecule has 0 bridgehead atoms. The van der Waals surface area contributed by atoms with Gasteiger partial charge < -0.3 is 9.47 Å². The van der Waals surface area contributed by atoms with Gasteiger partial charge in [0.2, 0.25) is 9.84 Å². The third-order valence-corrected chi connectivity index (χ3v) is 6.76. The lowest BCUT2D eigenvalue weighted by atomic mass is 9.87. The van der Waals surface area contributed by atoms with Crippen molar-refractivity contribution in [1.29, 1.82) is 0 Å². The number of epoxide rings is 1. The maximum atomic E-state index is 13.6. The molecule has 0 saturated carbocycles. The number of hydrogen-bond acceptors (Lipinski definition) is 4. The Morgan fingerprint density at radius 3 is 2.18 bits per heavy atom.